The summed E-state index contributed by atoms with van der Waals surface area (Å²) in [6.07, 6.45) is 5.13. The second-order valence-corrected chi connectivity index (χ2v) is 4.90. The maximum Gasteiger partial charge on any atom is 0.253 e. The molecule has 92 valence electrons. The molecule has 0 radical (unpaired) electrons. The molecule has 0 aromatic heterocycles. The van der Waals surface area contributed by atoms with Crippen molar-refractivity contribution in [3.63, 3.8) is 0 Å². The zero-order valence-corrected chi connectivity index (χ0v) is 10.1. The first kappa shape index (κ1) is 11.9. The number of hydrogen-bond donors (Lipinski definition) is 1. The molecular formula is C12H22N2O2. The Labute approximate surface area is 97.3 Å². The normalized spacial score (nSPS) is 30.7. The number of nitrogens with one attached hydrogen (secondary N) is 1. The third-order valence-corrected chi connectivity index (χ3v) is 3.66. The van der Waals surface area contributed by atoms with Crippen LogP contribution in [0.15, 0.2) is 0 Å². The van der Waals surface area contributed by atoms with E-state index in [0.717, 1.165) is 51.7 Å². The highest BCUT2D eigenvalue weighted by molar-refractivity contribution is 5.82. The van der Waals surface area contributed by atoms with E-state index < -0.39 is 0 Å². The summed E-state index contributed by atoms with van der Waals surface area (Å²) in [5.41, 5.74) is -0.188. The van der Waals surface area contributed by atoms with Crippen LogP contribution in [-0.4, -0.2) is 37.2 Å². The highest BCUT2D eigenvalue weighted by Gasteiger charge is 2.43. The molecule has 1 unspecified atom stereocenters. The number of hydroxylamine groups is 2. The van der Waals surface area contributed by atoms with Crippen molar-refractivity contribution in [2.45, 2.75) is 39.0 Å². The fraction of sp³-hybridized carbons (Fsp3) is 0.917. The van der Waals surface area contributed by atoms with Gasteiger partial charge in [0.25, 0.3) is 5.91 Å². The lowest BCUT2D eigenvalue weighted by atomic mass is 9.81. The van der Waals surface area contributed by atoms with E-state index in [9.17, 15) is 4.79 Å². The molecule has 1 N–H and O–H groups in total. The van der Waals surface area contributed by atoms with Crippen LogP contribution in [0, 0.1) is 5.41 Å². The van der Waals surface area contributed by atoms with Crippen molar-refractivity contribution in [1.29, 1.82) is 0 Å². The lowest BCUT2D eigenvalue weighted by molar-refractivity contribution is -0.206. The Hall–Kier alpha value is -0.610. The SMILES string of the molecule is CCCC1(C(=O)N2CCCCO2)CCNC1. The number of hydrogen-bond acceptors (Lipinski definition) is 3. The lowest BCUT2D eigenvalue weighted by Crippen LogP contribution is -2.47. The van der Waals surface area contributed by atoms with Crippen molar-refractivity contribution >= 4 is 5.91 Å². The Bertz CT molecular complexity index is 243. The van der Waals surface area contributed by atoms with Crippen LogP contribution in [0.2, 0.25) is 0 Å². The van der Waals surface area contributed by atoms with Crippen molar-refractivity contribution in [2.24, 2.45) is 5.41 Å². The van der Waals surface area contributed by atoms with E-state index in [0.29, 0.717) is 6.61 Å². The highest BCUT2D eigenvalue weighted by atomic mass is 16.7. The zero-order chi connectivity index (χ0) is 11.4. The summed E-state index contributed by atoms with van der Waals surface area (Å²) < 4.78 is 0. The van der Waals surface area contributed by atoms with Gasteiger partial charge in [-0.25, -0.2) is 5.06 Å². The Morgan fingerprint density at radius 2 is 2.38 bits per heavy atom. The first-order valence-corrected chi connectivity index (χ1v) is 6.44. The van der Waals surface area contributed by atoms with E-state index >= 15 is 0 Å². The predicted molar refractivity (Wildman–Crippen MR) is 61.7 cm³/mol. The summed E-state index contributed by atoms with van der Waals surface area (Å²) in [6, 6.07) is 0. The predicted octanol–water partition coefficient (Wildman–Crippen LogP) is 1.32. The summed E-state index contributed by atoms with van der Waals surface area (Å²) in [6.45, 7) is 5.38. The van der Waals surface area contributed by atoms with Gasteiger partial charge in [-0.2, -0.15) is 0 Å². The van der Waals surface area contributed by atoms with Gasteiger partial charge in [-0.05, 0) is 32.2 Å². The van der Waals surface area contributed by atoms with Crippen molar-refractivity contribution in [3.8, 4) is 0 Å². The summed E-state index contributed by atoms with van der Waals surface area (Å²) >= 11 is 0. The van der Waals surface area contributed by atoms with E-state index in [1.165, 1.54) is 0 Å². The third-order valence-electron chi connectivity index (χ3n) is 3.66. The van der Waals surface area contributed by atoms with Crippen LogP contribution in [0.25, 0.3) is 0 Å². The van der Waals surface area contributed by atoms with Crippen LogP contribution < -0.4 is 5.32 Å². The summed E-state index contributed by atoms with van der Waals surface area (Å²) in [5, 5.41) is 4.93. The van der Waals surface area contributed by atoms with Gasteiger partial charge >= 0.3 is 0 Å². The molecule has 4 heteroatoms. The average molecular weight is 226 g/mol. The molecule has 4 nitrogen and oxygen atoms in total. The fourth-order valence-electron chi connectivity index (χ4n) is 2.75. The largest absolute Gasteiger partial charge is 0.316 e. The maximum absolute atomic E-state index is 12.5. The lowest BCUT2D eigenvalue weighted by Gasteiger charge is -2.34. The van der Waals surface area contributed by atoms with Gasteiger partial charge in [0.2, 0.25) is 0 Å². The smallest absolute Gasteiger partial charge is 0.253 e. The molecule has 1 amide bonds. The minimum absolute atomic E-state index is 0.188. The van der Waals surface area contributed by atoms with Gasteiger partial charge in [0, 0.05) is 13.1 Å². The maximum atomic E-state index is 12.5. The highest BCUT2D eigenvalue weighted by Crippen LogP contribution is 2.34. The molecule has 1 atom stereocenters. The summed E-state index contributed by atoms with van der Waals surface area (Å²) in [4.78, 5) is 18.0. The van der Waals surface area contributed by atoms with E-state index in [-0.39, 0.29) is 11.3 Å². The van der Waals surface area contributed by atoms with Gasteiger partial charge in [0.15, 0.2) is 0 Å². The first-order chi connectivity index (χ1) is 7.78. The van der Waals surface area contributed by atoms with Gasteiger partial charge in [0.1, 0.15) is 0 Å². The minimum Gasteiger partial charge on any atom is -0.316 e. The standard InChI is InChI=1S/C12H22N2O2/c1-2-5-12(6-7-13-10-12)11(15)14-8-3-4-9-16-14/h13H,2-10H2,1H3. The quantitative estimate of drug-likeness (QED) is 0.789. The molecule has 0 aromatic rings. The molecule has 0 aliphatic carbocycles. The molecule has 0 spiro atoms. The molecule has 0 bridgehead atoms. The molecular weight excluding hydrogens is 204 g/mol. The van der Waals surface area contributed by atoms with Crippen LogP contribution in [0.3, 0.4) is 0 Å². The molecule has 2 heterocycles. The molecule has 2 aliphatic heterocycles. The number of amides is 1. The van der Waals surface area contributed by atoms with E-state index in [2.05, 4.69) is 12.2 Å². The number of carbonyl (C=O) groups is 1. The van der Waals surface area contributed by atoms with Crippen LogP contribution in [-0.2, 0) is 9.63 Å². The molecule has 0 aromatic carbocycles. The zero-order valence-electron chi connectivity index (χ0n) is 10.1. The average Bonchev–Trinajstić information content (AvgIpc) is 2.80. The molecule has 16 heavy (non-hydrogen) atoms. The Kier molecular flexibility index (Phi) is 3.82. The fourth-order valence-corrected chi connectivity index (χ4v) is 2.75. The van der Waals surface area contributed by atoms with Gasteiger partial charge < -0.3 is 5.32 Å². The summed E-state index contributed by atoms with van der Waals surface area (Å²) in [5.74, 6) is 0.207. The molecule has 2 rings (SSSR count). The molecule has 2 saturated heterocycles. The van der Waals surface area contributed by atoms with E-state index in [1.54, 1.807) is 5.06 Å². The molecule has 0 saturated carbocycles. The summed E-state index contributed by atoms with van der Waals surface area (Å²) in [7, 11) is 0. The number of carbonyl (C=O) groups excluding carboxylic acids is 1. The topological polar surface area (TPSA) is 41.6 Å². The Morgan fingerprint density at radius 1 is 1.50 bits per heavy atom. The van der Waals surface area contributed by atoms with E-state index in [1.807, 2.05) is 0 Å². The molecule has 2 aliphatic rings. The Morgan fingerprint density at radius 3 is 2.94 bits per heavy atom. The van der Waals surface area contributed by atoms with Crippen molar-refractivity contribution in [2.75, 3.05) is 26.2 Å². The Balaban J connectivity index is 2.04. The van der Waals surface area contributed by atoms with Crippen LogP contribution in [0.1, 0.15) is 39.0 Å². The second kappa shape index (κ2) is 5.15. The number of nitrogens with zero attached hydrogens (tertiary/aromatic N) is 1. The monoisotopic (exact) mass is 226 g/mol. The van der Waals surface area contributed by atoms with Crippen molar-refractivity contribution < 1.29 is 9.63 Å². The minimum atomic E-state index is -0.188. The van der Waals surface area contributed by atoms with Crippen molar-refractivity contribution in [1.82, 2.24) is 10.4 Å². The number of rotatable bonds is 3. The first-order valence-electron chi connectivity index (χ1n) is 6.44. The van der Waals surface area contributed by atoms with Gasteiger partial charge in [0.05, 0.1) is 12.0 Å². The van der Waals surface area contributed by atoms with Gasteiger partial charge in [-0.1, -0.05) is 13.3 Å². The van der Waals surface area contributed by atoms with Crippen LogP contribution in [0.4, 0.5) is 0 Å². The van der Waals surface area contributed by atoms with Crippen LogP contribution in [0.5, 0.6) is 0 Å². The third kappa shape index (κ3) is 2.23. The van der Waals surface area contributed by atoms with Crippen molar-refractivity contribution in [3.05, 3.63) is 0 Å². The second-order valence-electron chi connectivity index (χ2n) is 4.90. The van der Waals surface area contributed by atoms with Gasteiger partial charge in [-0.3, -0.25) is 9.63 Å². The van der Waals surface area contributed by atoms with E-state index in [4.69, 9.17) is 4.84 Å². The van der Waals surface area contributed by atoms with Gasteiger partial charge in [-0.15, -0.1) is 0 Å². The van der Waals surface area contributed by atoms with Crippen LogP contribution >= 0.6 is 0 Å². The molecule has 2 fully saturated rings.